The summed E-state index contributed by atoms with van der Waals surface area (Å²) in [6.07, 6.45) is 2.99. The van der Waals surface area contributed by atoms with Crippen LogP contribution in [0.25, 0.3) is 10.2 Å². The second-order valence-corrected chi connectivity index (χ2v) is 9.52. The van der Waals surface area contributed by atoms with Crippen LogP contribution >= 0.6 is 23.6 Å². The molecule has 0 spiro atoms. The van der Waals surface area contributed by atoms with Crippen LogP contribution in [0.2, 0.25) is 0 Å². The first-order chi connectivity index (χ1) is 15.6. The van der Waals surface area contributed by atoms with Crippen molar-refractivity contribution in [2.24, 2.45) is 5.92 Å². The predicted octanol–water partition coefficient (Wildman–Crippen LogP) is 5.27. The molecule has 5 rings (SSSR count). The van der Waals surface area contributed by atoms with Gasteiger partial charge in [-0.1, -0.05) is 43.3 Å². The van der Waals surface area contributed by atoms with Crippen LogP contribution in [0.4, 0.5) is 17.3 Å². The normalized spacial score (nSPS) is 15.2. The fraction of sp³-hybridized carbons (Fsp3) is 0.208. The van der Waals surface area contributed by atoms with Gasteiger partial charge in [-0.15, -0.1) is 11.3 Å². The summed E-state index contributed by atoms with van der Waals surface area (Å²) in [6, 6.07) is 19.3. The third-order valence-corrected chi connectivity index (χ3v) is 6.95. The number of hydrogen-bond donors (Lipinski definition) is 3. The SMILES string of the molecule is CC1CCc2c(sc3nc(Nc4ccccc4)n(NC(=S)Nc4ccccc4)c(=O)c23)C1. The summed E-state index contributed by atoms with van der Waals surface area (Å²) in [5, 5.41) is 7.41. The van der Waals surface area contributed by atoms with E-state index >= 15 is 0 Å². The average molecular weight is 462 g/mol. The summed E-state index contributed by atoms with van der Waals surface area (Å²) in [4.78, 5) is 20.6. The largest absolute Gasteiger partial charge is 0.331 e. The Bertz CT molecular complexity index is 1330. The molecule has 2 heterocycles. The lowest BCUT2D eigenvalue weighted by Crippen LogP contribution is -2.37. The highest BCUT2D eigenvalue weighted by molar-refractivity contribution is 7.80. The lowest BCUT2D eigenvalue weighted by molar-refractivity contribution is 0.509. The Hall–Kier alpha value is -3.23. The van der Waals surface area contributed by atoms with Crippen LogP contribution in [0.1, 0.15) is 23.8 Å². The van der Waals surface area contributed by atoms with Gasteiger partial charge in [0, 0.05) is 16.3 Å². The van der Waals surface area contributed by atoms with E-state index in [-0.39, 0.29) is 5.56 Å². The zero-order valence-electron chi connectivity index (χ0n) is 17.6. The number of aryl methyl sites for hydroxylation is 1. The number of fused-ring (bicyclic) bond motifs is 3. The minimum Gasteiger partial charge on any atom is -0.331 e. The molecule has 8 heteroatoms. The van der Waals surface area contributed by atoms with Crippen molar-refractivity contribution in [1.29, 1.82) is 0 Å². The average Bonchev–Trinajstić information content (AvgIpc) is 3.15. The van der Waals surface area contributed by atoms with Crippen molar-refractivity contribution in [1.82, 2.24) is 9.66 Å². The first-order valence-electron chi connectivity index (χ1n) is 10.6. The maximum atomic E-state index is 13.7. The lowest BCUT2D eigenvalue weighted by atomic mass is 9.89. The molecule has 3 N–H and O–H groups in total. The van der Waals surface area contributed by atoms with Crippen molar-refractivity contribution in [3.63, 3.8) is 0 Å². The molecule has 1 atom stereocenters. The summed E-state index contributed by atoms with van der Waals surface area (Å²) in [7, 11) is 0. The highest BCUT2D eigenvalue weighted by Crippen LogP contribution is 2.36. The second-order valence-electron chi connectivity index (χ2n) is 8.03. The smallest absolute Gasteiger partial charge is 0.283 e. The van der Waals surface area contributed by atoms with Crippen molar-refractivity contribution in [2.45, 2.75) is 26.2 Å². The number of hydrogen-bond acceptors (Lipinski definition) is 5. The van der Waals surface area contributed by atoms with E-state index in [1.807, 2.05) is 60.7 Å². The van der Waals surface area contributed by atoms with E-state index in [0.29, 0.717) is 22.4 Å². The van der Waals surface area contributed by atoms with E-state index in [2.05, 4.69) is 23.0 Å². The van der Waals surface area contributed by atoms with Crippen LogP contribution in [0.5, 0.6) is 0 Å². The molecule has 1 aliphatic rings. The van der Waals surface area contributed by atoms with Gasteiger partial charge < -0.3 is 10.6 Å². The molecular weight excluding hydrogens is 438 g/mol. The van der Waals surface area contributed by atoms with Crippen molar-refractivity contribution in [3.8, 4) is 0 Å². The van der Waals surface area contributed by atoms with E-state index in [9.17, 15) is 4.79 Å². The maximum absolute atomic E-state index is 13.7. The van der Waals surface area contributed by atoms with E-state index < -0.39 is 0 Å². The van der Waals surface area contributed by atoms with Crippen molar-refractivity contribution in [2.75, 3.05) is 16.1 Å². The van der Waals surface area contributed by atoms with Crippen LogP contribution in [-0.4, -0.2) is 14.8 Å². The standard InChI is InChI=1S/C24H23N5OS2/c1-15-12-13-18-19(14-15)32-21-20(18)22(30)29(23(27-21)25-16-8-4-2-5-9-16)28-24(31)26-17-10-6-3-7-11-17/h2-11,15H,12-14H2,1H3,(H,25,27)(H2,26,28,31). The minimum absolute atomic E-state index is 0.141. The first kappa shape index (κ1) is 20.7. The Morgan fingerprint density at radius 3 is 2.50 bits per heavy atom. The van der Waals surface area contributed by atoms with Crippen molar-refractivity contribution < 1.29 is 0 Å². The van der Waals surface area contributed by atoms with Crippen LogP contribution in [-0.2, 0) is 12.8 Å². The Morgan fingerprint density at radius 1 is 1.09 bits per heavy atom. The molecule has 1 aliphatic carbocycles. The number of anilines is 3. The Kier molecular flexibility index (Phi) is 5.63. The summed E-state index contributed by atoms with van der Waals surface area (Å²) in [6.45, 7) is 2.26. The number of nitrogens with zero attached hydrogens (tertiary/aromatic N) is 2. The number of rotatable bonds is 4. The van der Waals surface area contributed by atoms with Gasteiger partial charge in [0.15, 0.2) is 5.11 Å². The van der Waals surface area contributed by atoms with Gasteiger partial charge in [0.2, 0.25) is 5.95 Å². The molecule has 0 saturated heterocycles. The van der Waals surface area contributed by atoms with Gasteiger partial charge in [0.1, 0.15) is 4.83 Å². The van der Waals surface area contributed by atoms with Crippen LogP contribution in [0.15, 0.2) is 65.5 Å². The molecule has 0 bridgehead atoms. The topological polar surface area (TPSA) is 71.0 Å². The van der Waals surface area contributed by atoms with Gasteiger partial charge in [-0.05, 0) is 67.2 Å². The van der Waals surface area contributed by atoms with Gasteiger partial charge in [-0.3, -0.25) is 10.2 Å². The molecule has 0 amide bonds. The molecule has 6 nitrogen and oxygen atoms in total. The maximum Gasteiger partial charge on any atom is 0.283 e. The molecule has 4 aromatic rings. The van der Waals surface area contributed by atoms with Gasteiger partial charge >= 0.3 is 0 Å². The summed E-state index contributed by atoms with van der Waals surface area (Å²) >= 11 is 7.14. The fourth-order valence-corrected chi connectivity index (χ4v) is 5.59. The van der Waals surface area contributed by atoms with Crippen LogP contribution in [0, 0.1) is 5.92 Å². The number of aromatic nitrogens is 2. The molecule has 162 valence electrons. The molecule has 0 fully saturated rings. The van der Waals surface area contributed by atoms with Gasteiger partial charge in [0.05, 0.1) is 5.39 Å². The highest BCUT2D eigenvalue weighted by Gasteiger charge is 2.25. The van der Waals surface area contributed by atoms with Gasteiger partial charge in [0.25, 0.3) is 5.56 Å². The minimum atomic E-state index is -0.141. The Balaban J connectivity index is 1.57. The molecule has 32 heavy (non-hydrogen) atoms. The van der Waals surface area contributed by atoms with E-state index in [1.165, 1.54) is 9.55 Å². The molecule has 1 unspecified atom stereocenters. The monoisotopic (exact) mass is 461 g/mol. The van der Waals surface area contributed by atoms with Gasteiger partial charge in [-0.2, -0.15) is 4.68 Å². The highest BCUT2D eigenvalue weighted by atomic mass is 32.1. The van der Waals surface area contributed by atoms with Gasteiger partial charge in [-0.25, -0.2) is 4.98 Å². The first-order valence-corrected chi connectivity index (χ1v) is 11.8. The zero-order chi connectivity index (χ0) is 22.1. The van der Waals surface area contributed by atoms with Crippen LogP contribution in [0.3, 0.4) is 0 Å². The molecule has 2 aromatic heterocycles. The Morgan fingerprint density at radius 2 is 1.78 bits per heavy atom. The zero-order valence-corrected chi connectivity index (χ0v) is 19.2. The Labute approximate surface area is 195 Å². The second kappa shape index (κ2) is 8.72. The van der Waals surface area contributed by atoms with Crippen LogP contribution < -0.4 is 21.6 Å². The number of thiocarbonyl (C=S) groups is 1. The number of benzene rings is 2. The number of thiophene rings is 1. The molecule has 0 radical (unpaired) electrons. The molecular formula is C24H23N5OS2. The van der Waals surface area contributed by atoms with E-state index in [1.54, 1.807) is 11.3 Å². The summed E-state index contributed by atoms with van der Waals surface area (Å²) in [5.74, 6) is 1.03. The summed E-state index contributed by atoms with van der Waals surface area (Å²) in [5.41, 5.74) is 5.73. The summed E-state index contributed by atoms with van der Waals surface area (Å²) < 4.78 is 1.42. The van der Waals surface area contributed by atoms with E-state index in [4.69, 9.17) is 17.2 Å². The molecule has 2 aromatic carbocycles. The third-order valence-electron chi connectivity index (χ3n) is 5.60. The number of nitrogens with one attached hydrogen (secondary N) is 3. The molecule has 0 aliphatic heterocycles. The quantitative estimate of drug-likeness (QED) is 0.360. The fourth-order valence-electron chi connectivity index (χ4n) is 4.01. The van der Waals surface area contributed by atoms with Crippen molar-refractivity contribution >= 4 is 56.2 Å². The lowest BCUT2D eigenvalue weighted by Gasteiger charge is -2.19. The molecule has 0 saturated carbocycles. The number of para-hydroxylation sites is 2. The van der Waals surface area contributed by atoms with Crippen molar-refractivity contribution in [3.05, 3.63) is 81.5 Å². The van der Waals surface area contributed by atoms with E-state index in [0.717, 1.165) is 41.0 Å². The predicted molar refractivity (Wildman–Crippen MR) is 137 cm³/mol. The third kappa shape index (κ3) is 4.11.